The van der Waals surface area contributed by atoms with Gasteiger partial charge in [-0.2, -0.15) is 0 Å². The van der Waals surface area contributed by atoms with Gasteiger partial charge in [0.15, 0.2) is 5.78 Å². The number of ether oxygens (including phenoxy) is 1. The molecule has 23 heavy (non-hydrogen) atoms. The van der Waals surface area contributed by atoms with Crippen LogP contribution in [0.3, 0.4) is 0 Å². The minimum Gasteiger partial charge on any atom is -0.464 e. The molecule has 1 unspecified atom stereocenters. The van der Waals surface area contributed by atoms with E-state index in [-0.39, 0.29) is 23.3 Å². The topological polar surface area (TPSA) is 79.5 Å². The van der Waals surface area contributed by atoms with Crippen molar-refractivity contribution in [2.75, 3.05) is 13.7 Å². The number of nitrogens with one attached hydrogen (secondary N) is 1. The molecular weight excluding hydrogens is 296 g/mol. The number of amides is 1. The molecule has 0 saturated heterocycles. The molecule has 0 spiro atoms. The van der Waals surface area contributed by atoms with Gasteiger partial charge in [-0.1, -0.05) is 13.8 Å². The van der Waals surface area contributed by atoms with Gasteiger partial charge >= 0.3 is 5.97 Å². The fraction of sp³-hybridized carbons (Fsp3) is 0.588. The molecule has 0 aliphatic rings. The predicted molar refractivity (Wildman–Crippen MR) is 87.6 cm³/mol. The van der Waals surface area contributed by atoms with E-state index in [9.17, 15) is 14.4 Å². The van der Waals surface area contributed by atoms with Gasteiger partial charge in [0, 0.05) is 23.7 Å². The van der Waals surface area contributed by atoms with Crippen molar-refractivity contribution in [2.24, 2.45) is 5.92 Å². The predicted octanol–water partition coefficient (Wildman–Crippen LogP) is 2.49. The number of carbonyl (C=O) groups excluding carboxylic acids is 3. The third-order valence-corrected chi connectivity index (χ3v) is 4.04. The van der Waals surface area contributed by atoms with Crippen LogP contribution in [0.1, 0.15) is 59.8 Å². The number of likely N-dealkylation sites (N-methyl/N-ethyl adjacent to an activating group) is 1. The first-order valence-electron chi connectivity index (χ1n) is 7.79. The Balaban J connectivity index is 3.21. The second kappa shape index (κ2) is 7.44. The number of Topliss-reactive ketones (excluding diaryl/α,β-unsaturated/α-hetero) is 1. The summed E-state index contributed by atoms with van der Waals surface area (Å²) in [6.45, 7) is 11.1. The quantitative estimate of drug-likeness (QED) is 0.644. The summed E-state index contributed by atoms with van der Waals surface area (Å²) in [4.78, 5) is 41.4. The molecule has 1 heterocycles. The maximum absolute atomic E-state index is 12.9. The van der Waals surface area contributed by atoms with Gasteiger partial charge in [-0.05, 0) is 33.3 Å². The normalized spacial score (nSPS) is 12.2. The molecular formula is C17H26N2O4. The van der Waals surface area contributed by atoms with Crippen LogP contribution in [0.25, 0.3) is 0 Å². The highest BCUT2D eigenvalue weighted by Gasteiger charge is 2.31. The zero-order valence-corrected chi connectivity index (χ0v) is 14.9. The van der Waals surface area contributed by atoms with Crippen LogP contribution in [0.5, 0.6) is 0 Å². The minimum absolute atomic E-state index is 0.0626. The van der Waals surface area contributed by atoms with Gasteiger partial charge in [-0.3, -0.25) is 9.59 Å². The van der Waals surface area contributed by atoms with Gasteiger partial charge in [-0.15, -0.1) is 0 Å². The molecule has 1 aromatic rings. The van der Waals surface area contributed by atoms with Gasteiger partial charge in [0.05, 0.1) is 13.2 Å². The first-order valence-corrected chi connectivity index (χ1v) is 7.79. The van der Waals surface area contributed by atoms with Crippen molar-refractivity contribution in [3.8, 4) is 0 Å². The number of H-pyrrole nitrogens is 1. The molecule has 0 radical (unpaired) electrons. The minimum atomic E-state index is -0.589. The van der Waals surface area contributed by atoms with E-state index in [2.05, 4.69) is 4.98 Å². The fourth-order valence-electron chi connectivity index (χ4n) is 2.73. The van der Waals surface area contributed by atoms with Gasteiger partial charge in [0.1, 0.15) is 5.69 Å². The third-order valence-electron chi connectivity index (χ3n) is 4.04. The van der Waals surface area contributed by atoms with E-state index in [0.29, 0.717) is 23.4 Å². The highest BCUT2D eigenvalue weighted by molar-refractivity contribution is 6.06. The van der Waals surface area contributed by atoms with Crippen LogP contribution < -0.4 is 0 Å². The van der Waals surface area contributed by atoms with Crippen LogP contribution in [0.2, 0.25) is 0 Å². The SMILES string of the molecule is CCN(C(=O)C(C)C)C(C)C(=O)c1c(C)[nH]c(C(=O)OC)c1C. The molecule has 0 saturated carbocycles. The van der Waals surface area contributed by atoms with E-state index in [0.717, 1.165) is 0 Å². The van der Waals surface area contributed by atoms with Crippen molar-refractivity contribution < 1.29 is 19.1 Å². The lowest BCUT2D eigenvalue weighted by Gasteiger charge is -2.29. The summed E-state index contributed by atoms with van der Waals surface area (Å²) in [6, 6.07) is -0.589. The van der Waals surface area contributed by atoms with E-state index in [1.165, 1.54) is 7.11 Å². The Kier molecular flexibility index (Phi) is 6.12. The summed E-state index contributed by atoms with van der Waals surface area (Å²) in [5.41, 5.74) is 1.89. The Hall–Kier alpha value is -2.11. The molecule has 6 nitrogen and oxygen atoms in total. The van der Waals surface area contributed by atoms with Gasteiger partial charge in [0.25, 0.3) is 0 Å². The summed E-state index contributed by atoms with van der Waals surface area (Å²) in [6.07, 6.45) is 0. The molecule has 0 aromatic carbocycles. The first kappa shape index (κ1) is 18.9. The number of aromatic nitrogens is 1. The third kappa shape index (κ3) is 3.63. The zero-order valence-electron chi connectivity index (χ0n) is 14.9. The molecule has 1 atom stereocenters. The number of methoxy groups -OCH3 is 1. The van der Waals surface area contributed by atoms with Crippen LogP contribution in [0.15, 0.2) is 0 Å². The van der Waals surface area contributed by atoms with Crippen LogP contribution in [-0.2, 0) is 9.53 Å². The Morgan fingerprint density at radius 3 is 2.17 bits per heavy atom. The van der Waals surface area contributed by atoms with Crippen molar-refractivity contribution in [3.05, 3.63) is 22.5 Å². The summed E-state index contributed by atoms with van der Waals surface area (Å²) in [7, 11) is 1.29. The maximum atomic E-state index is 12.9. The summed E-state index contributed by atoms with van der Waals surface area (Å²) in [5, 5.41) is 0. The molecule has 1 aromatic heterocycles. The number of aryl methyl sites for hydroxylation is 1. The van der Waals surface area contributed by atoms with Crippen molar-refractivity contribution in [1.29, 1.82) is 0 Å². The zero-order chi connectivity index (χ0) is 17.9. The van der Waals surface area contributed by atoms with Gasteiger partial charge in [-0.25, -0.2) is 4.79 Å². The summed E-state index contributed by atoms with van der Waals surface area (Å²) >= 11 is 0. The molecule has 0 aliphatic carbocycles. The van der Waals surface area contributed by atoms with E-state index in [4.69, 9.17) is 4.74 Å². The second-order valence-electron chi connectivity index (χ2n) is 5.94. The van der Waals surface area contributed by atoms with Crippen LogP contribution in [0, 0.1) is 19.8 Å². The van der Waals surface area contributed by atoms with Crippen LogP contribution in [-0.4, -0.2) is 47.2 Å². The van der Waals surface area contributed by atoms with E-state index >= 15 is 0 Å². The lowest BCUT2D eigenvalue weighted by atomic mass is 9.99. The first-order chi connectivity index (χ1) is 10.7. The largest absolute Gasteiger partial charge is 0.464 e. The molecule has 6 heteroatoms. The average Bonchev–Trinajstić information content (AvgIpc) is 2.80. The summed E-state index contributed by atoms with van der Waals surface area (Å²) in [5.74, 6) is -0.929. The highest BCUT2D eigenvalue weighted by atomic mass is 16.5. The maximum Gasteiger partial charge on any atom is 0.354 e. The van der Waals surface area contributed by atoms with Gasteiger partial charge < -0.3 is 14.6 Å². The lowest BCUT2D eigenvalue weighted by Crippen LogP contribution is -2.45. The van der Waals surface area contributed by atoms with Gasteiger partial charge in [0.2, 0.25) is 5.91 Å². The molecule has 0 fully saturated rings. The molecule has 128 valence electrons. The number of rotatable bonds is 6. The Bertz CT molecular complexity index is 616. The summed E-state index contributed by atoms with van der Waals surface area (Å²) < 4.78 is 4.72. The number of carbonyl (C=O) groups is 3. The van der Waals surface area contributed by atoms with Crippen molar-refractivity contribution in [1.82, 2.24) is 9.88 Å². The molecule has 1 rings (SSSR count). The standard InChI is InChI=1S/C17H26N2O4/c1-8-19(16(21)9(2)3)12(6)15(20)13-10(4)14(17(22)23-7)18-11(13)5/h9,12,18H,8H2,1-7H3. The van der Waals surface area contributed by atoms with Crippen LogP contribution in [0.4, 0.5) is 0 Å². The number of hydrogen-bond acceptors (Lipinski definition) is 4. The smallest absolute Gasteiger partial charge is 0.354 e. The lowest BCUT2D eigenvalue weighted by molar-refractivity contribution is -0.135. The number of ketones is 1. The highest BCUT2D eigenvalue weighted by Crippen LogP contribution is 2.22. The molecule has 1 amide bonds. The van der Waals surface area contributed by atoms with Crippen molar-refractivity contribution in [3.63, 3.8) is 0 Å². The average molecular weight is 322 g/mol. The van der Waals surface area contributed by atoms with Crippen molar-refractivity contribution in [2.45, 2.75) is 47.6 Å². The Labute approximate surface area is 137 Å². The monoisotopic (exact) mass is 322 g/mol. The number of aromatic amines is 1. The second-order valence-corrected chi connectivity index (χ2v) is 5.94. The molecule has 1 N–H and O–H groups in total. The Morgan fingerprint density at radius 1 is 1.17 bits per heavy atom. The molecule has 0 aliphatic heterocycles. The van der Waals surface area contributed by atoms with E-state index in [1.807, 2.05) is 20.8 Å². The number of esters is 1. The van der Waals surface area contributed by atoms with E-state index < -0.39 is 12.0 Å². The molecule has 0 bridgehead atoms. The number of hydrogen-bond donors (Lipinski definition) is 1. The number of nitrogens with zero attached hydrogens (tertiary/aromatic N) is 1. The fourth-order valence-corrected chi connectivity index (χ4v) is 2.73. The van der Waals surface area contributed by atoms with Crippen molar-refractivity contribution >= 4 is 17.7 Å². The van der Waals surface area contributed by atoms with E-state index in [1.54, 1.807) is 25.7 Å². The Morgan fingerprint density at radius 2 is 1.74 bits per heavy atom. The van der Waals surface area contributed by atoms with Crippen LogP contribution >= 0.6 is 0 Å².